The van der Waals surface area contributed by atoms with Crippen LogP contribution in [0.2, 0.25) is 0 Å². The van der Waals surface area contributed by atoms with Crippen molar-refractivity contribution in [2.24, 2.45) is 0 Å². The summed E-state index contributed by atoms with van der Waals surface area (Å²) in [6.45, 7) is 3.99. The van der Waals surface area contributed by atoms with Gasteiger partial charge < -0.3 is 10.2 Å². The molecule has 2 amide bonds. The molecule has 0 radical (unpaired) electrons. The van der Waals surface area contributed by atoms with E-state index in [1.54, 1.807) is 25.1 Å². The number of carbonyl (C=O) groups excluding carboxylic acids is 2. The van der Waals surface area contributed by atoms with Gasteiger partial charge in [-0.05, 0) is 53.9 Å². The van der Waals surface area contributed by atoms with E-state index in [4.69, 9.17) is 0 Å². The molecule has 3 rings (SSSR count). The molecule has 0 saturated heterocycles. The summed E-state index contributed by atoms with van der Waals surface area (Å²) in [6.07, 6.45) is 1.78. The molecule has 0 fully saturated rings. The minimum absolute atomic E-state index is 0.111. The topological polar surface area (TPSA) is 86.8 Å². The zero-order valence-corrected chi connectivity index (χ0v) is 23.2. The fourth-order valence-corrected chi connectivity index (χ4v) is 5.43. The van der Waals surface area contributed by atoms with Gasteiger partial charge in [0.1, 0.15) is 6.04 Å². The van der Waals surface area contributed by atoms with Crippen molar-refractivity contribution < 1.29 is 18.0 Å². The van der Waals surface area contributed by atoms with Crippen molar-refractivity contribution >= 4 is 48.5 Å². The molecule has 0 bridgehead atoms. The number of sulfonamides is 1. The number of nitrogens with one attached hydrogen (secondary N) is 1. The monoisotopic (exact) mass is 573 g/mol. The second kappa shape index (κ2) is 12.5. The van der Waals surface area contributed by atoms with Crippen LogP contribution in [0.5, 0.6) is 0 Å². The predicted octanol–water partition coefficient (Wildman–Crippen LogP) is 4.56. The molecule has 0 saturated carbocycles. The second-order valence-corrected chi connectivity index (χ2v) is 11.7. The van der Waals surface area contributed by atoms with Gasteiger partial charge in [0, 0.05) is 24.6 Å². The van der Waals surface area contributed by atoms with Crippen molar-refractivity contribution in [2.75, 3.05) is 20.1 Å². The standard InChI is InChI=1S/C27H32BrN3O4S/c1-4-5-15-29-27(33)20(2)31(18-21-9-8-12-24(28)16-21)26(32)19-30(3)36(34,35)25-14-13-22-10-6-7-11-23(22)17-25/h6-14,16-17,20H,4-5,15,18-19H2,1-3H3,(H,29,33)/t20-/m1/s1. The van der Waals surface area contributed by atoms with Crippen LogP contribution in [-0.2, 0) is 26.2 Å². The van der Waals surface area contributed by atoms with Crippen molar-refractivity contribution in [2.45, 2.75) is 44.2 Å². The number of halogens is 1. The Balaban J connectivity index is 1.82. The average molecular weight is 575 g/mol. The van der Waals surface area contributed by atoms with Crippen LogP contribution in [0, 0.1) is 0 Å². The number of rotatable bonds is 11. The highest BCUT2D eigenvalue weighted by Gasteiger charge is 2.30. The Morgan fingerprint density at radius 1 is 1.00 bits per heavy atom. The van der Waals surface area contributed by atoms with Gasteiger partial charge in [0.15, 0.2) is 0 Å². The average Bonchev–Trinajstić information content (AvgIpc) is 2.86. The number of hydrogen-bond acceptors (Lipinski definition) is 4. The van der Waals surface area contributed by atoms with Crippen LogP contribution in [0.4, 0.5) is 0 Å². The molecule has 36 heavy (non-hydrogen) atoms. The molecule has 1 atom stereocenters. The summed E-state index contributed by atoms with van der Waals surface area (Å²) >= 11 is 3.44. The molecule has 192 valence electrons. The molecule has 3 aromatic rings. The van der Waals surface area contributed by atoms with Crippen molar-refractivity contribution in [1.29, 1.82) is 0 Å². The minimum Gasteiger partial charge on any atom is -0.354 e. The first-order valence-corrected chi connectivity index (χ1v) is 14.1. The molecule has 0 heterocycles. The Bertz CT molecular complexity index is 1330. The zero-order chi connectivity index (χ0) is 26.3. The molecule has 3 aromatic carbocycles. The number of amides is 2. The first-order chi connectivity index (χ1) is 17.1. The van der Waals surface area contributed by atoms with Crippen molar-refractivity contribution in [3.63, 3.8) is 0 Å². The van der Waals surface area contributed by atoms with Gasteiger partial charge in [-0.3, -0.25) is 9.59 Å². The molecule has 7 nitrogen and oxygen atoms in total. The largest absolute Gasteiger partial charge is 0.354 e. The quantitative estimate of drug-likeness (QED) is 0.341. The summed E-state index contributed by atoms with van der Waals surface area (Å²) in [7, 11) is -2.54. The first-order valence-electron chi connectivity index (χ1n) is 11.9. The van der Waals surface area contributed by atoms with Gasteiger partial charge in [-0.2, -0.15) is 4.31 Å². The number of likely N-dealkylation sites (N-methyl/N-ethyl adjacent to an activating group) is 1. The van der Waals surface area contributed by atoms with Crippen LogP contribution in [0.1, 0.15) is 32.3 Å². The van der Waals surface area contributed by atoms with Crippen LogP contribution in [0.3, 0.4) is 0 Å². The van der Waals surface area contributed by atoms with Gasteiger partial charge in [-0.1, -0.05) is 71.7 Å². The lowest BCUT2D eigenvalue weighted by Crippen LogP contribution is -2.50. The number of benzene rings is 3. The molecule has 0 aromatic heterocycles. The maximum Gasteiger partial charge on any atom is 0.243 e. The Hall–Kier alpha value is -2.75. The highest BCUT2D eigenvalue weighted by atomic mass is 79.9. The van der Waals surface area contributed by atoms with Gasteiger partial charge >= 0.3 is 0 Å². The van der Waals surface area contributed by atoms with Crippen LogP contribution in [0.25, 0.3) is 10.8 Å². The minimum atomic E-state index is -3.92. The fraction of sp³-hybridized carbons (Fsp3) is 0.333. The third-order valence-corrected chi connectivity index (χ3v) is 8.32. The van der Waals surface area contributed by atoms with E-state index >= 15 is 0 Å². The second-order valence-electron chi connectivity index (χ2n) is 8.74. The van der Waals surface area contributed by atoms with Gasteiger partial charge in [0.2, 0.25) is 21.8 Å². The number of unbranched alkanes of at least 4 members (excludes halogenated alkanes) is 1. The summed E-state index contributed by atoms with van der Waals surface area (Å²) in [5.41, 5.74) is 0.825. The molecule has 0 aliphatic heterocycles. The van der Waals surface area contributed by atoms with E-state index in [2.05, 4.69) is 21.2 Å². The van der Waals surface area contributed by atoms with E-state index in [0.29, 0.717) is 6.54 Å². The van der Waals surface area contributed by atoms with Crippen molar-refractivity contribution in [3.05, 3.63) is 76.8 Å². The van der Waals surface area contributed by atoms with Crippen LogP contribution < -0.4 is 5.32 Å². The van der Waals surface area contributed by atoms with E-state index in [0.717, 1.165) is 38.0 Å². The lowest BCUT2D eigenvalue weighted by Gasteiger charge is -2.30. The molecular formula is C27H32BrN3O4S. The summed E-state index contributed by atoms with van der Waals surface area (Å²) in [5.74, 6) is -0.730. The molecule has 0 spiro atoms. The Morgan fingerprint density at radius 3 is 2.42 bits per heavy atom. The zero-order valence-electron chi connectivity index (χ0n) is 20.8. The smallest absolute Gasteiger partial charge is 0.243 e. The Morgan fingerprint density at radius 2 is 1.72 bits per heavy atom. The lowest BCUT2D eigenvalue weighted by atomic mass is 10.1. The summed E-state index contributed by atoms with van der Waals surface area (Å²) < 4.78 is 28.5. The number of nitrogens with zero attached hydrogens (tertiary/aromatic N) is 2. The third-order valence-electron chi connectivity index (χ3n) is 6.03. The van der Waals surface area contributed by atoms with E-state index in [9.17, 15) is 18.0 Å². The van der Waals surface area contributed by atoms with Gasteiger partial charge in [-0.15, -0.1) is 0 Å². The van der Waals surface area contributed by atoms with E-state index < -0.39 is 28.5 Å². The molecule has 0 aliphatic rings. The van der Waals surface area contributed by atoms with Crippen molar-refractivity contribution in [3.8, 4) is 0 Å². The number of carbonyl (C=O) groups is 2. The van der Waals surface area contributed by atoms with Crippen LogP contribution in [-0.4, -0.2) is 55.6 Å². The normalized spacial score (nSPS) is 12.5. The molecule has 1 N–H and O–H groups in total. The first kappa shape index (κ1) is 27.8. The molecule has 0 unspecified atom stereocenters. The van der Waals surface area contributed by atoms with E-state index in [1.165, 1.54) is 11.9 Å². The maximum atomic E-state index is 13.4. The summed E-state index contributed by atoms with van der Waals surface area (Å²) in [5, 5.41) is 4.60. The van der Waals surface area contributed by atoms with E-state index in [-0.39, 0.29) is 17.3 Å². The maximum absolute atomic E-state index is 13.4. The predicted molar refractivity (Wildman–Crippen MR) is 146 cm³/mol. The highest BCUT2D eigenvalue weighted by molar-refractivity contribution is 9.10. The number of fused-ring (bicyclic) bond motifs is 1. The lowest BCUT2D eigenvalue weighted by molar-refractivity contribution is -0.140. The third kappa shape index (κ3) is 6.93. The SMILES string of the molecule is CCCCNC(=O)[C@@H](C)N(Cc1cccc(Br)c1)C(=O)CN(C)S(=O)(=O)c1ccc2ccccc2c1. The fourth-order valence-electron chi connectivity index (χ4n) is 3.82. The van der Waals surface area contributed by atoms with Gasteiger partial charge in [0.25, 0.3) is 0 Å². The molecule has 0 aliphatic carbocycles. The summed E-state index contributed by atoms with van der Waals surface area (Å²) in [4.78, 5) is 27.8. The van der Waals surface area contributed by atoms with E-state index in [1.807, 2.05) is 55.5 Å². The highest BCUT2D eigenvalue weighted by Crippen LogP contribution is 2.22. The summed E-state index contributed by atoms with van der Waals surface area (Å²) in [6, 6.07) is 19.1. The van der Waals surface area contributed by atoms with Crippen LogP contribution >= 0.6 is 15.9 Å². The molecule has 9 heteroatoms. The Kier molecular flexibility index (Phi) is 9.64. The Labute approximate surface area is 221 Å². The van der Waals surface area contributed by atoms with Crippen molar-refractivity contribution in [1.82, 2.24) is 14.5 Å². The molecular weight excluding hydrogens is 542 g/mol. The van der Waals surface area contributed by atoms with Crippen LogP contribution in [0.15, 0.2) is 76.1 Å². The van der Waals surface area contributed by atoms with Gasteiger partial charge in [-0.25, -0.2) is 8.42 Å². The van der Waals surface area contributed by atoms with Gasteiger partial charge in [0.05, 0.1) is 11.4 Å². The number of hydrogen-bond donors (Lipinski definition) is 1.